The van der Waals surface area contributed by atoms with E-state index in [-0.39, 0.29) is 12.8 Å². The van der Waals surface area contributed by atoms with E-state index in [1.807, 2.05) is 6.92 Å². The van der Waals surface area contributed by atoms with Crippen molar-refractivity contribution >= 4 is 7.82 Å². The fraction of sp³-hybridized carbons (Fsp3) is 1.00. The van der Waals surface area contributed by atoms with Crippen LogP contribution in [0.5, 0.6) is 0 Å². The molecule has 1 aliphatic rings. The first-order valence-corrected chi connectivity index (χ1v) is 15.6. The molecule has 23 heteroatoms. The summed E-state index contributed by atoms with van der Waals surface area (Å²) >= 11 is 0. The van der Waals surface area contributed by atoms with Crippen LogP contribution in [0, 0.1) is 0 Å². The molecule has 1 heterocycles. The van der Waals surface area contributed by atoms with Crippen LogP contribution in [0.1, 0.15) is 71.1 Å². The summed E-state index contributed by atoms with van der Waals surface area (Å²) in [5, 5.41) is 38.5. The Balaban J connectivity index is 3.14. The van der Waals surface area contributed by atoms with E-state index < -0.39 is 106 Å². The number of unbranched alkanes of at least 4 members (excludes halogenated alkanes) is 6. The molecule has 0 aliphatic carbocycles. The van der Waals surface area contributed by atoms with Crippen LogP contribution in [-0.4, -0.2) is 105 Å². The monoisotopic (exact) mass is 746 g/mol. The number of hydrogen-bond donors (Lipinski definition) is 5. The molecule has 5 N–H and O–H groups in total. The van der Waals surface area contributed by atoms with Gasteiger partial charge < -0.3 is 30.1 Å². The molecule has 0 aromatic heterocycles. The molecule has 0 bridgehead atoms. The third-order valence-electron chi connectivity index (χ3n) is 7.28. The zero-order valence-corrected chi connectivity index (χ0v) is 25.4. The highest BCUT2D eigenvalue weighted by molar-refractivity contribution is 7.47. The van der Waals surface area contributed by atoms with E-state index in [4.69, 9.17) is 0 Å². The Morgan fingerprint density at radius 3 is 1.68 bits per heavy atom. The summed E-state index contributed by atoms with van der Waals surface area (Å²) in [5.74, 6) is -37.9. The molecular weight excluding hydrogens is 710 g/mol. The third kappa shape index (κ3) is 10.3. The van der Waals surface area contributed by atoms with E-state index >= 15 is 0 Å². The highest BCUT2D eigenvalue weighted by atomic mass is 31.2. The molecule has 0 amide bonds. The minimum atomic E-state index is -8.07. The largest absolute Gasteiger partial charge is 0.472 e. The Morgan fingerprint density at radius 2 is 1.17 bits per heavy atom. The van der Waals surface area contributed by atoms with E-state index in [0.717, 1.165) is 19.3 Å². The topological polar surface area (TPSA) is 146 Å². The van der Waals surface area contributed by atoms with E-state index in [1.165, 1.54) is 0 Å². The highest BCUT2D eigenvalue weighted by Gasteiger charge is 2.90. The molecule has 7 atom stereocenters. The molecule has 9 nitrogen and oxygen atoms in total. The van der Waals surface area contributed by atoms with Gasteiger partial charge in [-0.1, -0.05) is 51.9 Å². The molecule has 0 aromatic rings. The molecule has 0 saturated carbocycles. The molecule has 0 spiro atoms. The van der Waals surface area contributed by atoms with Crippen molar-refractivity contribution in [3.63, 3.8) is 0 Å². The van der Waals surface area contributed by atoms with Crippen LogP contribution in [0.15, 0.2) is 0 Å². The quantitative estimate of drug-likeness (QED) is 0.0580. The number of hydrogen-bond acceptors (Lipinski definition) is 8. The second-order valence-corrected chi connectivity index (χ2v) is 12.4. The van der Waals surface area contributed by atoms with E-state index in [9.17, 15) is 87.0 Å². The van der Waals surface area contributed by atoms with Gasteiger partial charge in [-0.05, 0) is 12.8 Å². The summed E-state index contributed by atoms with van der Waals surface area (Å²) < 4.78 is 201. The van der Waals surface area contributed by atoms with Crippen LogP contribution in [0.2, 0.25) is 0 Å². The second kappa shape index (κ2) is 16.3. The molecule has 2 unspecified atom stereocenters. The van der Waals surface area contributed by atoms with Gasteiger partial charge in [0, 0.05) is 6.42 Å². The Kier molecular flexibility index (Phi) is 15.3. The average molecular weight is 746 g/mol. The van der Waals surface area contributed by atoms with Crippen LogP contribution in [0.25, 0.3) is 0 Å². The summed E-state index contributed by atoms with van der Waals surface area (Å²) in [5.41, 5.74) is 0. The van der Waals surface area contributed by atoms with Gasteiger partial charge in [-0.15, -0.1) is 0 Å². The first kappa shape index (κ1) is 44.0. The average Bonchev–Trinajstić information content (AvgIpc) is 2.94. The first-order valence-electron chi connectivity index (χ1n) is 14.1. The van der Waals surface area contributed by atoms with Crippen molar-refractivity contribution in [2.24, 2.45) is 0 Å². The zero-order chi connectivity index (χ0) is 36.9. The van der Waals surface area contributed by atoms with Gasteiger partial charge in [0.15, 0.2) is 6.29 Å². The van der Waals surface area contributed by atoms with Gasteiger partial charge >= 0.3 is 43.6 Å². The van der Waals surface area contributed by atoms with Crippen molar-refractivity contribution in [1.82, 2.24) is 0 Å². The van der Waals surface area contributed by atoms with Crippen molar-refractivity contribution in [3.05, 3.63) is 0 Å². The maximum atomic E-state index is 14.4. The van der Waals surface area contributed by atoms with Crippen molar-refractivity contribution in [3.8, 4) is 0 Å². The first-order chi connectivity index (χ1) is 21.1. The van der Waals surface area contributed by atoms with Crippen molar-refractivity contribution < 1.29 is 101 Å². The standard InChI is InChI=1S/C24H36F13O9P/c1-2-3-4-5-6-7-8-9-13(46-47(42,43)44-12-14-15(38)16(39)17(40)18(41)45-14)10-11-19(25,26)20(27,28)21(29,30)22(31,32)23(33,34)24(35,36)37/h13-18,38-41H,2-12H2,1H3,(H,42,43)/t13?,14-,15-,16+,17-,18+/m1/s1. The minimum absolute atomic E-state index is 0.0640. The van der Waals surface area contributed by atoms with Crippen molar-refractivity contribution in [2.45, 2.75) is 144 Å². The van der Waals surface area contributed by atoms with Crippen LogP contribution in [-0.2, 0) is 18.3 Å². The van der Waals surface area contributed by atoms with Crippen molar-refractivity contribution in [1.29, 1.82) is 0 Å². The maximum absolute atomic E-state index is 14.4. The number of phosphoric acid groups is 1. The lowest BCUT2D eigenvalue weighted by molar-refractivity contribution is -0.440. The highest BCUT2D eigenvalue weighted by Crippen LogP contribution is 2.61. The third-order valence-corrected chi connectivity index (χ3v) is 8.32. The zero-order valence-electron chi connectivity index (χ0n) is 24.5. The van der Waals surface area contributed by atoms with Gasteiger partial charge in [0.2, 0.25) is 0 Å². The van der Waals surface area contributed by atoms with Gasteiger partial charge in [0.05, 0.1) is 12.7 Å². The predicted molar refractivity (Wildman–Crippen MR) is 132 cm³/mol. The molecule has 1 saturated heterocycles. The molecule has 1 rings (SSSR count). The van der Waals surface area contributed by atoms with Gasteiger partial charge in [-0.3, -0.25) is 9.05 Å². The molecule has 282 valence electrons. The fourth-order valence-electron chi connectivity index (χ4n) is 4.34. The molecule has 0 aromatic carbocycles. The minimum Gasteiger partial charge on any atom is -0.387 e. The molecule has 1 fully saturated rings. The molecule has 47 heavy (non-hydrogen) atoms. The summed E-state index contributed by atoms with van der Waals surface area (Å²) in [6.07, 6.45) is -20.8. The van der Waals surface area contributed by atoms with Gasteiger partial charge in [0.1, 0.15) is 24.4 Å². The molecule has 1 aliphatic heterocycles. The summed E-state index contributed by atoms with van der Waals surface area (Å²) in [4.78, 5) is 10.0. The Morgan fingerprint density at radius 1 is 0.681 bits per heavy atom. The number of phosphoric ester groups is 1. The Labute approximate surface area is 259 Å². The van der Waals surface area contributed by atoms with Crippen LogP contribution in [0.4, 0.5) is 57.1 Å². The summed E-state index contributed by atoms with van der Waals surface area (Å²) in [6, 6.07) is 0. The van der Waals surface area contributed by atoms with Crippen LogP contribution < -0.4 is 0 Å². The second-order valence-electron chi connectivity index (χ2n) is 11.0. The number of aliphatic hydroxyl groups is 4. The summed E-state index contributed by atoms with van der Waals surface area (Å²) in [7, 11) is -5.53. The number of rotatable bonds is 20. The smallest absolute Gasteiger partial charge is 0.387 e. The molecular formula is C24H36F13O9P. The maximum Gasteiger partial charge on any atom is 0.472 e. The van der Waals surface area contributed by atoms with E-state index in [1.54, 1.807) is 0 Å². The van der Waals surface area contributed by atoms with Crippen LogP contribution >= 0.6 is 7.82 Å². The van der Waals surface area contributed by atoms with Crippen LogP contribution in [0.3, 0.4) is 0 Å². The van der Waals surface area contributed by atoms with Gasteiger partial charge in [-0.25, -0.2) is 4.57 Å². The Hall–Kier alpha value is -1.00. The number of alkyl halides is 13. The van der Waals surface area contributed by atoms with Crippen molar-refractivity contribution in [2.75, 3.05) is 6.61 Å². The van der Waals surface area contributed by atoms with Gasteiger partial charge in [0.25, 0.3) is 0 Å². The number of halogens is 13. The predicted octanol–water partition coefficient (Wildman–Crippen LogP) is 5.95. The van der Waals surface area contributed by atoms with Gasteiger partial charge in [-0.2, -0.15) is 57.1 Å². The molecule has 0 radical (unpaired) electrons. The normalized spacial score (nSPS) is 25.9. The fourth-order valence-corrected chi connectivity index (χ4v) is 5.32. The number of ether oxygens (including phenoxy) is 1. The SMILES string of the molecule is CCCCCCCCCC(CCC(F)(F)C(F)(F)C(F)(F)C(F)(F)C(F)(F)C(F)(F)F)OP(=O)(O)OC[C@H]1O[C@H](O)[C@H](O)[C@@H](O)[C@@H]1O. The lowest BCUT2D eigenvalue weighted by Crippen LogP contribution is -2.70. The number of aliphatic hydroxyl groups excluding tert-OH is 4. The lowest BCUT2D eigenvalue weighted by Gasteiger charge is -2.40. The van der Waals surface area contributed by atoms with E-state index in [0.29, 0.717) is 12.8 Å². The summed E-state index contributed by atoms with van der Waals surface area (Å²) in [6.45, 7) is 0.687. The lowest BCUT2D eigenvalue weighted by atomic mass is 9.91. The van der Waals surface area contributed by atoms with E-state index in [2.05, 4.69) is 13.8 Å². The Bertz CT molecular complexity index is 1020.